The fourth-order valence-electron chi connectivity index (χ4n) is 1.99. The molecule has 2 rings (SSSR count). The van der Waals surface area contributed by atoms with Gasteiger partial charge in [0.15, 0.2) is 0 Å². The van der Waals surface area contributed by atoms with E-state index in [0.717, 1.165) is 11.4 Å². The number of aliphatic hydroxyl groups excluding tert-OH is 1. The average molecular weight is 247 g/mol. The maximum absolute atomic E-state index is 10.3. The van der Waals surface area contributed by atoms with E-state index in [1.165, 1.54) is 0 Å². The van der Waals surface area contributed by atoms with Gasteiger partial charge in [0, 0.05) is 30.9 Å². The van der Waals surface area contributed by atoms with E-state index in [0.29, 0.717) is 17.9 Å². The molecule has 2 heterocycles. The van der Waals surface area contributed by atoms with Crippen molar-refractivity contribution in [2.24, 2.45) is 7.05 Å². The van der Waals surface area contributed by atoms with Crippen LogP contribution in [0.25, 0.3) is 0 Å². The SMILES string of the molecule is COc1ncccc1C(O)Cc1cc(C)nn1C. The minimum Gasteiger partial charge on any atom is -0.481 e. The van der Waals surface area contributed by atoms with E-state index in [4.69, 9.17) is 4.74 Å². The summed E-state index contributed by atoms with van der Waals surface area (Å²) in [6.07, 6.45) is 1.48. The quantitative estimate of drug-likeness (QED) is 0.887. The maximum atomic E-state index is 10.3. The van der Waals surface area contributed by atoms with Crippen molar-refractivity contribution in [2.45, 2.75) is 19.4 Å². The van der Waals surface area contributed by atoms with Gasteiger partial charge in [-0.2, -0.15) is 5.10 Å². The lowest BCUT2D eigenvalue weighted by Crippen LogP contribution is -2.08. The van der Waals surface area contributed by atoms with Crippen molar-refractivity contribution >= 4 is 0 Å². The van der Waals surface area contributed by atoms with Gasteiger partial charge in [-0.3, -0.25) is 4.68 Å². The van der Waals surface area contributed by atoms with Crippen molar-refractivity contribution in [3.63, 3.8) is 0 Å². The number of ether oxygens (including phenoxy) is 1. The molecule has 0 aromatic carbocycles. The van der Waals surface area contributed by atoms with Crippen LogP contribution in [-0.4, -0.2) is 27.0 Å². The largest absolute Gasteiger partial charge is 0.481 e. The van der Waals surface area contributed by atoms with E-state index >= 15 is 0 Å². The number of aryl methyl sites for hydroxylation is 2. The van der Waals surface area contributed by atoms with Crippen molar-refractivity contribution in [1.29, 1.82) is 0 Å². The third-order valence-corrected chi connectivity index (χ3v) is 2.85. The lowest BCUT2D eigenvalue weighted by molar-refractivity contribution is 0.170. The molecule has 0 amide bonds. The number of hydrogen-bond donors (Lipinski definition) is 1. The molecular formula is C13H17N3O2. The van der Waals surface area contributed by atoms with Gasteiger partial charge >= 0.3 is 0 Å². The van der Waals surface area contributed by atoms with Crippen LogP contribution in [0, 0.1) is 6.92 Å². The Morgan fingerprint density at radius 1 is 1.50 bits per heavy atom. The second-order valence-corrected chi connectivity index (χ2v) is 4.22. The Balaban J connectivity index is 2.21. The molecule has 2 aromatic rings. The van der Waals surface area contributed by atoms with Gasteiger partial charge in [0.2, 0.25) is 5.88 Å². The van der Waals surface area contributed by atoms with E-state index in [9.17, 15) is 5.11 Å². The Bertz CT molecular complexity index is 537. The topological polar surface area (TPSA) is 60.2 Å². The summed E-state index contributed by atoms with van der Waals surface area (Å²) in [4.78, 5) is 4.08. The molecule has 1 N–H and O–H groups in total. The van der Waals surface area contributed by atoms with Gasteiger partial charge in [-0.1, -0.05) is 0 Å². The second-order valence-electron chi connectivity index (χ2n) is 4.22. The highest BCUT2D eigenvalue weighted by atomic mass is 16.5. The Morgan fingerprint density at radius 3 is 2.89 bits per heavy atom. The molecule has 0 saturated heterocycles. The van der Waals surface area contributed by atoms with Crippen LogP contribution in [0.1, 0.15) is 23.1 Å². The summed E-state index contributed by atoms with van der Waals surface area (Å²) >= 11 is 0. The van der Waals surface area contributed by atoms with Gasteiger partial charge in [0.05, 0.1) is 18.9 Å². The van der Waals surface area contributed by atoms with Crippen LogP contribution in [0.15, 0.2) is 24.4 Å². The van der Waals surface area contributed by atoms with E-state index in [1.54, 1.807) is 24.1 Å². The van der Waals surface area contributed by atoms with Crippen molar-refractivity contribution < 1.29 is 9.84 Å². The average Bonchev–Trinajstić information content (AvgIpc) is 2.67. The molecule has 0 radical (unpaired) electrons. The monoisotopic (exact) mass is 247 g/mol. The van der Waals surface area contributed by atoms with Crippen LogP contribution in [0.4, 0.5) is 0 Å². The number of hydrogen-bond acceptors (Lipinski definition) is 4. The van der Waals surface area contributed by atoms with E-state index < -0.39 is 6.10 Å². The predicted molar refractivity (Wildman–Crippen MR) is 67.4 cm³/mol. The Kier molecular flexibility index (Phi) is 3.62. The highest BCUT2D eigenvalue weighted by molar-refractivity contribution is 5.29. The number of pyridine rings is 1. The number of methoxy groups -OCH3 is 1. The van der Waals surface area contributed by atoms with Crippen LogP contribution < -0.4 is 4.74 Å². The molecule has 5 heteroatoms. The van der Waals surface area contributed by atoms with E-state index in [1.807, 2.05) is 26.1 Å². The Morgan fingerprint density at radius 2 is 2.28 bits per heavy atom. The first kappa shape index (κ1) is 12.6. The number of aliphatic hydroxyl groups is 1. The first-order chi connectivity index (χ1) is 8.61. The van der Waals surface area contributed by atoms with E-state index in [2.05, 4.69) is 10.1 Å². The standard InChI is InChI=1S/C13H17N3O2/c1-9-7-10(16(2)15-9)8-12(17)11-5-4-6-14-13(11)18-3/h4-7,12,17H,8H2,1-3H3. The molecule has 18 heavy (non-hydrogen) atoms. The molecule has 0 saturated carbocycles. The van der Waals surface area contributed by atoms with Gasteiger partial charge < -0.3 is 9.84 Å². The summed E-state index contributed by atoms with van der Waals surface area (Å²) in [5, 5.41) is 14.5. The molecular weight excluding hydrogens is 230 g/mol. The lowest BCUT2D eigenvalue weighted by Gasteiger charge is -2.13. The first-order valence-electron chi connectivity index (χ1n) is 5.78. The molecule has 0 spiro atoms. The molecule has 96 valence electrons. The molecule has 0 aliphatic carbocycles. The summed E-state index contributed by atoms with van der Waals surface area (Å²) in [7, 11) is 3.42. The van der Waals surface area contributed by atoms with Crippen LogP contribution in [0.3, 0.4) is 0 Å². The Labute approximate surface area is 106 Å². The lowest BCUT2D eigenvalue weighted by atomic mass is 10.1. The smallest absolute Gasteiger partial charge is 0.218 e. The third kappa shape index (κ3) is 2.51. The molecule has 0 fully saturated rings. The zero-order valence-electron chi connectivity index (χ0n) is 10.8. The first-order valence-corrected chi connectivity index (χ1v) is 5.78. The minimum atomic E-state index is -0.650. The number of aromatic nitrogens is 3. The molecule has 1 atom stereocenters. The summed E-state index contributed by atoms with van der Waals surface area (Å²) in [5.41, 5.74) is 2.61. The Hall–Kier alpha value is -1.88. The normalized spacial score (nSPS) is 12.4. The van der Waals surface area contributed by atoms with Gasteiger partial charge in [0.1, 0.15) is 0 Å². The van der Waals surface area contributed by atoms with Crippen molar-refractivity contribution in [3.05, 3.63) is 41.3 Å². The molecule has 0 aliphatic heterocycles. The maximum Gasteiger partial charge on any atom is 0.218 e. The van der Waals surface area contributed by atoms with Crippen LogP contribution in [-0.2, 0) is 13.5 Å². The molecule has 5 nitrogen and oxygen atoms in total. The predicted octanol–water partition coefficient (Wildman–Crippen LogP) is 1.41. The van der Waals surface area contributed by atoms with Gasteiger partial charge in [0.25, 0.3) is 0 Å². The van der Waals surface area contributed by atoms with Crippen LogP contribution >= 0.6 is 0 Å². The zero-order chi connectivity index (χ0) is 13.1. The highest BCUT2D eigenvalue weighted by Gasteiger charge is 2.16. The molecule has 0 aliphatic rings. The van der Waals surface area contributed by atoms with Crippen molar-refractivity contribution in [2.75, 3.05) is 7.11 Å². The van der Waals surface area contributed by atoms with E-state index in [-0.39, 0.29) is 0 Å². The minimum absolute atomic E-state index is 0.462. The van der Waals surface area contributed by atoms with Crippen molar-refractivity contribution in [1.82, 2.24) is 14.8 Å². The second kappa shape index (κ2) is 5.18. The fraction of sp³-hybridized carbons (Fsp3) is 0.385. The molecule has 0 bridgehead atoms. The highest BCUT2D eigenvalue weighted by Crippen LogP contribution is 2.25. The summed E-state index contributed by atoms with van der Waals surface area (Å²) in [6, 6.07) is 5.57. The molecule has 1 unspecified atom stereocenters. The summed E-state index contributed by atoms with van der Waals surface area (Å²) in [5.74, 6) is 0.462. The molecule has 2 aromatic heterocycles. The van der Waals surface area contributed by atoms with Gasteiger partial charge in [-0.05, 0) is 25.1 Å². The van der Waals surface area contributed by atoms with Crippen molar-refractivity contribution in [3.8, 4) is 5.88 Å². The van der Waals surface area contributed by atoms with Gasteiger partial charge in [-0.25, -0.2) is 4.98 Å². The van der Waals surface area contributed by atoms with Crippen LogP contribution in [0.2, 0.25) is 0 Å². The summed E-state index contributed by atoms with van der Waals surface area (Å²) < 4.78 is 6.93. The number of rotatable bonds is 4. The fourth-order valence-corrected chi connectivity index (χ4v) is 1.99. The number of nitrogens with zero attached hydrogens (tertiary/aromatic N) is 3. The third-order valence-electron chi connectivity index (χ3n) is 2.85. The zero-order valence-corrected chi connectivity index (χ0v) is 10.8. The van der Waals surface area contributed by atoms with Gasteiger partial charge in [-0.15, -0.1) is 0 Å². The summed E-state index contributed by atoms with van der Waals surface area (Å²) in [6.45, 7) is 1.93. The van der Waals surface area contributed by atoms with Crippen LogP contribution in [0.5, 0.6) is 5.88 Å².